The Morgan fingerprint density at radius 3 is 2.38 bits per heavy atom. The maximum Gasteiger partial charge on any atom is 0.338 e. The molecule has 0 bridgehead atoms. The Kier molecular flexibility index (Phi) is 6.49. The maximum atomic E-state index is 13.7. The first-order valence-electron chi connectivity index (χ1n) is 8.26. The highest BCUT2D eigenvalue weighted by molar-refractivity contribution is 7.91. The molecular formula is C17H15Cl2FN2O5S2. The summed E-state index contributed by atoms with van der Waals surface area (Å²) in [5.41, 5.74) is 0.121. The van der Waals surface area contributed by atoms with Crippen molar-refractivity contribution in [1.82, 2.24) is 9.21 Å². The van der Waals surface area contributed by atoms with Crippen LogP contribution in [0.3, 0.4) is 0 Å². The molecule has 1 saturated heterocycles. The monoisotopic (exact) mass is 480 g/mol. The fraction of sp³-hybridized carbons (Fsp3) is 0.294. The van der Waals surface area contributed by atoms with E-state index in [1.54, 1.807) is 0 Å². The molecule has 0 unspecified atom stereocenters. The summed E-state index contributed by atoms with van der Waals surface area (Å²) in [5.74, 6) is -1.89. The number of amides is 1. The number of thiophene rings is 1. The fourth-order valence-electron chi connectivity index (χ4n) is 2.79. The molecule has 1 fully saturated rings. The van der Waals surface area contributed by atoms with E-state index in [0.717, 1.165) is 23.5 Å². The SMILES string of the molecule is COC(=O)c1csc(S(=O)(=O)N2CCN(C(=O)c3cc(F)c(Cl)cc3Cl)CC2)c1. The number of carbonyl (C=O) groups is 2. The largest absolute Gasteiger partial charge is 0.465 e. The molecule has 12 heteroatoms. The van der Waals surface area contributed by atoms with Crippen LogP contribution in [0.15, 0.2) is 27.8 Å². The van der Waals surface area contributed by atoms with Crippen LogP contribution in [0.5, 0.6) is 0 Å². The zero-order chi connectivity index (χ0) is 21.3. The Bertz CT molecular complexity index is 1070. The van der Waals surface area contributed by atoms with Crippen molar-refractivity contribution in [3.8, 4) is 0 Å². The summed E-state index contributed by atoms with van der Waals surface area (Å²) in [6.45, 7) is 0.308. The van der Waals surface area contributed by atoms with Crippen LogP contribution in [0.4, 0.5) is 4.39 Å². The van der Waals surface area contributed by atoms with Crippen LogP contribution in [0, 0.1) is 5.82 Å². The molecule has 0 spiro atoms. The van der Waals surface area contributed by atoms with Crippen LogP contribution in [0.2, 0.25) is 10.0 Å². The number of halogens is 3. The summed E-state index contributed by atoms with van der Waals surface area (Å²) in [4.78, 5) is 25.6. The van der Waals surface area contributed by atoms with Gasteiger partial charge in [-0.05, 0) is 18.2 Å². The number of piperazine rings is 1. The molecule has 1 aliphatic rings. The van der Waals surface area contributed by atoms with Gasteiger partial charge in [0.2, 0.25) is 0 Å². The van der Waals surface area contributed by atoms with Crippen molar-refractivity contribution in [1.29, 1.82) is 0 Å². The first kappa shape index (κ1) is 22.0. The molecule has 3 rings (SSSR count). The molecule has 0 saturated carbocycles. The molecule has 7 nitrogen and oxygen atoms in total. The predicted molar refractivity (Wildman–Crippen MR) is 107 cm³/mol. The van der Waals surface area contributed by atoms with E-state index >= 15 is 0 Å². The van der Waals surface area contributed by atoms with Gasteiger partial charge in [0.1, 0.15) is 10.0 Å². The first-order valence-corrected chi connectivity index (χ1v) is 11.3. The zero-order valence-corrected chi connectivity index (χ0v) is 18.2. The second-order valence-corrected chi connectivity index (χ2v) is 9.98. The number of rotatable bonds is 4. The van der Waals surface area contributed by atoms with Crippen LogP contribution < -0.4 is 0 Å². The minimum absolute atomic E-state index is 0.0143. The Labute approximate surface area is 180 Å². The third kappa shape index (κ3) is 4.41. The van der Waals surface area contributed by atoms with Crippen LogP contribution in [-0.2, 0) is 14.8 Å². The van der Waals surface area contributed by atoms with Gasteiger partial charge in [0, 0.05) is 31.6 Å². The molecule has 1 amide bonds. The number of carbonyl (C=O) groups excluding carboxylic acids is 2. The Balaban J connectivity index is 1.71. The molecule has 0 N–H and O–H groups in total. The highest BCUT2D eigenvalue weighted by Crippen LogP contribution is 2.28. The predicted octanol–water partition coefficient (Wildman–Crippen LogP) is 3.13. The number of sulfonamides is 1. The Morgan fingerprint density at radius 1 is 1.10 bits per heavy atom. The molecule has 2 heterocycles. The van der Waals surface area contributed by atoms with Gasteiger partial charge in [-0.3, -0.25) is 4.79 Å². The van der Waals surface area contributed by atoms with E-state index in [9.17, 15) is 22.4 Å². The number of nitrogens with zero attached hydrogens (tertiary/aromatic N) is 2. The molecule has 0 atom stereocenters. The third-order valence-corrected chi connectivity index (χ3v) is 8.27. The fourth-order valence-corrected chi connectivity index (χ4v) is 5.98. The highest BCUT2D eigenvalue weighted by atomic mass is 35.5. The van der Waals surface area contributed by atoms with Crippen molar-refractivity contribution in [3.63, 3.8) is 0 Å². The minimum Gasteiger partial charge on any atom is -0.465 e. The van der Waals surface area contributed by atoms with E-state index in [-0.39, 0.29) is 51.6 Å². The normalized spacial score (nSPS) is 15.4. The van der Waals surface area contributed by atoms with Crippen LogP contribution in [0.25, 0.3) is 0 Å². The number of methoxy groups -OCH3 is 1. The summed E-state index contributed by atoms with van der Waals surface area (Å²) in [5, 5.41) is 1.24. The third-order valence-electron chi connectivity index (χ3n) is 4.36. The van der Waals surface area contributed by atoms with Crippen molar-refractivity contribution in [2.45, 2.75) is 4.21 Å². The summed E-state index contributed by atoms with van der Waals surface area (Å²) in [6.07, 6.45) is 0. The van der Waals surface area contributed by atoms with E-state index < -0.39 is 27.7 Å². The average Bonchev–Trinajstić information content (AvgIpc) is 3.21. The van der Waals surface area contributed by atoms with Crippen molar-refractivity contribution in [2.75, 3.05) is 33.3 Å². The highest BCUT2D eigenvalue weighted by Gasteiger charge is 2.32. The van der Waals surface area contributed by atoms with Gasteiger partial charge in [0.15, 0.2) is 0 Å². The van der Waals surface area contributed by atoms with Gasteiger partial charge >= 0.3 is 5.97 Å². The van der Waals surface area contributed by atoms with E-state index in [4.69, 9.17) is 23.2 Å². The van der Waals surface area contributed by atoms with Crippen molar-refractivity contribution in [3.05, 3.63) is 50.6 Å². The zero-order valence-electron chi connectivity index (χ0n) is 15.0. The van der Waals surface area contributed by atoms with Gasteiger partial charge < -0.3 is 9.64 Å². The second-order valence-electron chi connectivity index (χ2n) is 6.09. The summed E-state index contributed by atoms with van der Waals surface area (Å²) in [6, 6.07) is 3.39. The quantitative estimate of drug-likeness (QED) is 0.495. The smallest absolute Gasteiger partial charge is 0.338 e. The summed E-state index contributed by atoms with van der Waals surface area (Å²) >= 11 is 12.6. The Hall–Kier alpha value is -1.72. The number of ether oxygens (including phenoxy) is 1. The topological polar surface area (TPSA) is 84.0 Å². The van der Waals surface area contributed by atoms with Gasteiger partial charge in [-0.15, -0.1) is 11.3 Å². The molecule has 156 valence electrons. The lowest BCUT2D eigenvalue weighted by molar-refractivity contribution is 0.0600. The molecular weight excluding hydrogens is 466 g/mol. The average molecular weight is 481 g/mol. The lowest BCUT2D eigenvalue weighted by atomic mass is 10.1. The standard InChI is InChI=1S/C17H15Cl2FN2O5S2/c1-27-17(24)10-6-15(28-9-10)29(25,26)22-4-2-21(3-5-22)16(23)11-7-14(20)13(19)8-12(11)18/h6-9H,2-5H2,1H3. The van der Waals surface area contributed by atoms with Crippen LogP contribution in [-0.4, -0.2) is 62.8 Å². The molecule has 0 aliphatic carbocycles. The van der Waals surface area contributed by atoms with Crippen molar-refractivity contribution in [2.24, 2.45) is 0 Å². The van der Waals surface area contributed by atoms with Gasteiger partial charge in [0.05, 0.1) is 28.3 Å². The summed E-state index contributed by atoms with van der Waals surface area (Å²) < 4.78 is 45.1. The second kappa shape index (κ2) is 8.57. The molecule has 0 radical (unpaired) electrons. The van der Waals surface area contributed by atoms with Gasteiger partial charge in [-0.2, -0.15) is 4.31 Å². The van der Waals surface area contributed by atoms with E-state index in [2.05, 4.69) is 4.74 Å². The van der Waals surface area contributed by atoms with Crippen molar-refractivity contribution < 1.29 is 27.1 Å². The summed E-state index contributed by atoms with van der Waals surface area (Å²) in [7, 11) is -2.60. The maximum absolute atomic E-state index is 13.7. The molecule has 1 aromatic carbocycles. The van der Waals surface area contributed by atoms with Gasteiger partial charge in [0.25, 0.3) is 15.9 Å². The van der Waals surface area contributed by atoms with Crippen molar-refractivity contribution >= 4 is 56.4 Å². The van der Waals surface area contributed by atoms with E-state index in [0.29, 0.717) is 0 Å². The minimum atomic E-state index is -3.81. The molecule has 2 aromatic rings. The lowest BCUT2D eigenvalue weighted by Crippen LogP contribution is -2.50. The van der Waals surface area contributed by atoms with Gasteiger partial charge in [-0.25, -0.2) is 17.6 Å². The molecule has 1 aromatic heterocycles. The van der Waals surface area contributed by atoms with Crippen LogP contribution >= 0.6 is 34.5 Å². The van der Waals surface area contributed by atoms with Gasteiger partial charge in [-0.1, -0.05) is 23.2 Å². The lowest BCUT2D eigenvalue weighted by Gasteiger charge is -2.33. The molecule has 29 heavy (non-hydrogen) atoms. The van der Waals surface area contributed by atoms with Crippen LogP contribution in [0.1, 0.15) is 20.7 Å². The number of hydrogen-bond acceptors (Lipinski definition) is 6. The number of benzene rings is 1. The molecule has 1 aliphatic heterocycles. The van der Waals surface area contributed by atoms with E-state index in [1.807, 2.05) is 0 Å². The Morgan fingerprint density at radius 2 is 1.76 bits per heavy atom. The van der Waals surface area contributed by atoms with E-state index in [1.165, 1.54) is 27.8 Å². The number of hydrogen-bond donors (Lipinski definition) is 0. The first-order chi connectivity index (χ1) is 13.6. The number of esters is 1.